The number of fused-ring (bicyclic) bond motifs is 18. The molecular formula is C86H98N8O19S2. The number of likely N-dealkylation sites (N-methyl/N-ethyl adjacent to an activating group) is 2. The maximum absolute atomic E-state index is 15.1. The Balaban J connectivity index is 0.000000168. The molecule has 0 aromatic heterocycles. The molecule has 6 aromatic rings. The van der Waals surface area contributed by atoms with Gasteiger partial charge in [0.2, 0.25) is 13.6 Å². The van der Waals surface area contributed by atoms with Gasteiger partial charge in [-0.15, -0.1) is 23.5 Å². The Morgan fingerprint density at radius 2 is 1.07 bits per heavy atom. The smallest absolute Gasteiger partial charge is 0.508 e. The highest BCUT2D eigenvalue weighted by Crippen LogP contribution is 2.68. The zero-order valence-electron chi connectivity index (χ0n) is 67.2. The van der Waals surface area contributed by atoms with Gasteiger partial charge in [-0.2, -0.15) is 10.5 Å². The Bertz CT molecular complexity index is 5100. The molecule has 29 heteroatoms. The Morgan fingerprint density at radius 1 is 0.583 bits per heavy atom. The number of hydrogen-bond acceptors (Lipinski definition) is 29. The van der Waals surface area contributed by atoms with Crippen LogP contribution in [0.15, 0.2) is 42.5 Å². The third kappa shape index (κ3) is 12.1. The van der Waals surface area contributed by atoms with Crippen LogP contribution in [0.1, 0.15) is 171 Å². The predicted octanol–water partition coefficient (Wildman–Crippen LogP) is 11.3. The van der Waals surface area contributed by atoms with Gasteiger partial charge in [-0.25, -0.2) is 14.4 Å². The van der Waals surface area contributed by atoms with Crippen LogP contribution in [0.3, 0.4) is 0 Å². The van der Waals surface area contributed by atoms with Crippen molar-refractivity contribution in [3.05, 3.63) is 131 Å². The van der Waals surface area contributed by atoms with Crippen molar-refractivity contribution in [2.75, 3.05) is 100 Å². The molecule has 0 radical (unpaired) electrons. The lowest BCUT2D eigenvalue weighted by atomic mass is 9.71. The number of thioether (sulfide) groups is 2. The molecule has 4 saturated heterocycles. The molecule has 14 heterocycles. The maximum atomic E-state index is 15.1. The van der Waals surface area contributed by atoms with E-state index in [1.165, 1.54) is 14.2 Å². The number of nitrogens with one attached hydrogen (secondary N) is 2. The van der Waals surface area contributed by atoms with E-state index in [9.17, 15) is 35.4 Å². The highest BCUT2D eigenvalue weighted by Gasteiger charge is 2.65. The first-order valence-electron chi connectivity index (χ1n) is 39.6. The van der Waals surface area contributed by atoms with Gasteiger partial charge in [-0.05, 0) is 176 Å². The summed E-state index contributed by atoms with van der Waals surface area (Å²) in [7, 11) is 8.64. The number of ether oxygens (including phenoxy) is 13. The van der Waals surface area contributed by atoms with Gasteiger partial charge < -0.3 is 76.9 Å². The van der Waals surface area contributed by atoms with E-state index in [0.29, 0.717) is 97.6 Å². The van der Waals surface area contributed by atoms with Crippen molar-refractivity contribution < 1.29 is 91.3 Å². The van der Waals surface area contributed by atoms with E-state index < -0.39 is 76.3 Å². The van der Waals surface area contributed by atoms with Gasteiger partial charge in [-0.1, -0.05) is 26.0 Å². The number of phenols is 3. The molecule has 4 fully saturated rings. The number of rotatable bonds is 10. The van der Waals surface area contributed by atoms with Crippen LogP contribution in [-0.2, 0) is 60.6 Å². The number of esters is 2. The van der Waals surface area contributed by atoms with Crippen LogP contribution >= 0.6 is 23.5 Å². The number of phenolic OH excluding ortho intramolecular Hbond substituents is 3. The summed E-state index contributed by atoms with van der Waals surface area (Å²) in [5.41, 5.74) is 10.1. The molecule has 0 saturated carbocycles. The number of aryl methyl sites for hydroxylation is 2. The highest BCUT2D eigenvalue weighted by molar-refractivity contribution is 7.99. The number of hydrogen-bond donors (Lipinski definition) is 5. The van der Waals surface area contributed by atoms with Gasteiger partial charge in [0, 0.05) is 93.3 Å². The quantitative estimate of drug-likeness (QED) is 0.0483. The largest absolute Gasteiger partial charge is 0.514 e. The molecule has 27 nitrogen and oxygen atoms in total. The monoisotopic (exact) mass is 1610 g/mol. The van der Waals surface area contributed by atoms with E-state index >= 15 is 4.79 Å². The minimum Gasteiger partial charge on any atom is -0.508 e. The first-order valence-corrected chi connectivity index (χ1v) is 41.7. The van der Waals surface area contributed by atoms with E-state index in [1.807, 2.05) is 40.8 Å². The first kappa shape index (κ1) is 78.1. The number of carbonyl (C=O) groups excluding carboxylic acids is 3. The first-order chi connectivity index (χ1) is 55.3. The van der Waals surface area contributed by atoms with Gasteiger partial charge in [0.1, 0.15) is 48.1 Å². The van der Waals surface area contributed by atoms with E-state index in [1.54, 1.807) is 75.7 Å². The summed E-state index contributed by atoms with van der Waals surface area (Å²) in [5.74, 6) is 4.72. The fourth-order valence-electron chi connectivity index (χ4n) is 20.8. The fraction of sp³-hybridized carbons (Fsp3) is 0.523. The Labute approximate surface area is 676 Å². The average molecular weight is 1610 g/mol. The number of aromatic hydroxyl groups is 3. The Hall–Kier alpha value is -9.43. The summed E-state index contributed by atoms with van der Waals surface area (Å²) in [6, 6.07) is 13.9. The van der Waals surface area contributed by atoms with Crippen molar-refractivity contribution in [1.82, 2.24) is 30.2 Å². The van der Waals surface area contributed by atoms with E-state index in [0.717, 1.165) is 96.5 Å². The topological polar surface area (TPSA) is 316 Å². The molecule has 2 spiro atoms. The number of piperazine rings is 2. The molecule has 14 aliphatic rings. The standard InChI is InChI=1S/C46H54N4O11S.C40H44N4O8S/c1-10-13-56-39-23(3)40-41(59-21-58-40)33-29-19-57-43(52)46(26-17-30(54-8)31(16-24(26)11-12-48-46)60-44(53)61-45(4,5)6)20-62-42(34(33)39)36-35-32-25(14-22(2)38(55-9)37(32)51)15-27(49(35)7)28(18-47)50(29)36;1-6-9-49-35-20(3)36-37(52-18-51-36)31-26-16-50-39(47)40(23-14-29(48-5)27(45)13-21(23)7-8-42-40)17-53-38(32(31)35)34-33-30-22(10-19(2)11-28(30)46)12-24(43(33)4)25(15-41)44(26)34/h14,16-17,27-29,35-36,42,48,51H,10-13,15,19-21H2,1-9H3;10-11,13-14,24-26,33-34,38,42,45-46H,6-9,12,16-18H2,1-5H3/t27-,28-,29-,35+,36?,42+,46+;24-,25-,26-,33+,34?,38+,40+/m00/s1. The molecule has 14 atom stereocenters. The predicted molar refractivity (Wildman–Crippen MR) is 424 cm³/mol. The van der Waals surface area contributed by atoms with Gasteiger partial charge in [0.05, 0.1) is 81.3 Å². The molecule has 5 N–H and O–H groups in total. The maximum Gasteiger partial charge on any atom is 0.514 e. The van der Waals surface area contributed by atoms with Gasteiger partial charge >= 0.3 is 18.1 Å². The van der Waals surface area contributed by atoms with Gasteiger partial charge in [-0.3, -0.25) is 30.2 Å². The Morgan fingerprint density at radius 3 is 1.56 bits per heavy atom. The molecule has 0 aliphatic carbocycles. The third-order valence-corrected chi connectivity index (χ3v) is 28.4. The highest BCUT2D eigenvalue weighted by atomic mass is 32.2. The van der Waals surface area contributed by atoms with Crippen LogP contribution in [0.2, 0.25) is 0 Å². The zero-order chi connectivity index (χ0) is 80.9. The normalized spacial score (nSPS) is 28.3. The summed E-state index contributed by atoms with van der Waals surface area (Å²) >= 11 is 3.19. The van der Waals surface area contributed by atoms with Crippen LogP contribution in [0.4, 0.5) is 4.79 Å². The zero-order valence-corrected chi connectivity index (χ0v) is 68.8. The summed E-state index contributed by atoms with van der Waals surface area (Å²) in [6.07, 6.45) is 2.92. The lowest BCUT2D eigenvalue weighted by molar-refractivity contribution is -0.158. The number of carbonyl (C=O) groups is 3. The van der Waals surface area contributed by atoms with Crippen molar-refractivity contribution in [3.8, 4) is 86.9 Å². The molecule has 2 unspecified atom stereocenters. The molecule has 8 bridgehead atoms. The molecular weight excluding hydrogens is 1510 g/mol. The van der Waals surface area contributed by atoms with Crippen LogP contribution in [0.5, 0.6) is 74.7 Å². The van der Waals surface area contributed by atoms with E-state index in [4.69, 9.17) is 61.6 Å². The lowest BCUT2D eigenvalue weighted by Crippen LogP contribution is -2.69. The second-order valence-corrected chi connectivity index (χ2v) is 35.2. The minimum absolute atomic E-state index is 0.00886. The Kier molecular flexibility index (Phi) is 20.1. The number of nitrogens with zero attached hydrogens (tertiary/aromatic N) is 6. The number of nitriles is 2. The lowest BCUT2D eigenvalue weighted by Gasteiger charge is -2.62. The van der Waals surface area contributed by atoms with Crippen molar-refractivity contribution in [2.24, 2.45) is 0 Å². The minimum atomic E-state index is -1.38. The van der Waals surface area contributed by atoms with Gasteiger partial charge in [0.15, 0.2) is 68.6 Å². The van der Waals surface area contributed by atoms with E-state index in [-0.39, 0.29) is 102 Å². The van der Waals surface area contributed by atoms with Crippen molar-refractivity contribution in [2.45, 2.75) is 188 Å². The molecule has 608 valence electrons. The second kappa shape index (κ2) is 29.6. The summed E-state index contributed by atoms with van der Waals surface area (Å²) in [4.78, 5) is 51.7. The van der Waals surface area contributed by atoms with Gasteiger partial charge in [0.25, 0.3) is 0 Å². The number of methoxy groups -OCH3 is 3. The molecule has 14 aliphatic heterocycles. The summed E-state index contributed by atoms with van der Waals surface area (Å²) in [5, 5.41) is 63.4. The molecule has 0 amide bonds. The van der Waals surface area contributed by atoms with Crippen molar-refractivity contribution in [3.63, 3.8) is 0 Å². The third-order valence-electron chi connectivity index (χ3n) is 25.5. The second-order valence-electron chi connectivity index (χ2n) is 32.9. The van der Waals surface area contributed by atoms with Crippen LogP contribution in [-0.4, -0.2) is 195 Å². The van der Waals surface area contributed by atoms with E-state index in [2.05, 4.69) is 75.4 Å². The van der Waals surface area contributed by atoms with Crippen molar-refractivity contribution in [1.29, 1.82) is 10.5 Å². The number of benzene rings is 6. The van der Waals surface area contributed by atoms with Crippen LogP contribution < -0.4 is 58.0 Å². The fourth-order valence-corrected chi connectivity index (χ4v) is 24.2. The average Bonchev–Trinajstić information content (AvgIpc) is 1.46. The SMILES string of the molecule is CCCOc1c(C)c2c(c3c1[C@H]1SC[C@]4(NCCc5cc(O)c(OC)cc54)C(=O)OC[C@@H]3N3C1[C@H]1c4c(O)cc(C)cc4C[C@@H]([C@@H]3C#N)N1C)OCO2.CCCOc1c(C)c2c(c3c1[C@H]1SC[C@]4(NCCc5cc(OC(=O)OC(C)(C)C)c(OC)cc54)C(=O)OC[C@@H]3N3C1[C@H]1c4c(cc(C)c(OC)c4O)C[C@@H]([C@@H]3C#N)N1C)OCO2. The van der Waals surface area contributed by atoms with Crippen molar-refractivity contribution >= 4 is 41.6 Å². The van der Waals surface area contributed by atoms with Crippen LogP contribution in [0.25, 0.3) is 0 Å². The molecule has 115 heavy (non-hydrogen) atoms. The molecule has 20 rings (SSSR count). The summed E-state index contributed by atoms with van der Waals surface area (Å²) < 4.78 is 79.7. The molecule has 6 aromatic carbocycles. The van der Waals surface area contributed by atoms with Crippen LogP contribution in [0, 0.1) is 50.4 Å². The summed E-state index contributed by atoms with van der Waals surface area (Å²) in [6.45, 7) is 19.0.